The number of carbonyl (C=O) groups excluding carboxylic acids is 1. The normalized spacial score (nSPS) is 48.6. The van der Waals surface area contributed by atoms with Crippen LogP contribution in [0.25, 0.3) is 0 Å². The first-order chi connectivity index (χ1) is 7.44. The zero-order valence-corrected chi connectivity index (χ0v) is 9.36. The molecule has 5 atom stereocenters. The molecule has 0 amide bonds. The molecule has 1 aliphatic heterocycles. The Kier molecular flexibility index (Phi) is 1.89. The molecule has 2 nitrogen and oxygen atoms in total. The molecule has 3 aliphatic rings. The van der Waals surface area contributed by atoms with E-state index in [9.17, 15) is 13.6 Å². The van der Waals surface area contributed by atoms with Crippen molar-refractivity contribution in [1.29, 1.82) is 0 Å². The number of carbonyl (C=O) groups is 1. The molecule has 2 aliphatic carbocycles. The van der Waals surface area contributed by atoms with Crippen molar-refractivity contribution in [2.24, 2.45) is 23.7 Å². The number of hydrogen-bond donors (Lipinski definition) is 0. The minimum Gasteiger partial charge on any atom is -0.298 e. The Morgan fingerprint density at radius 2 is 2.00 bits per heavy atom. The quantitative estimate of drug-likeness (QED) is 0.634. The second kappa shape index (κ2) is 2.92. The van der Waals surface area contributed by atoms with Gasteiger partial charge in [0.15, 0.2) is 0 Å². The number of hydrogen-bond acceptors (Lipinski definition) is 2. The van der Waals surface area contributed by atoms with Crippen molar-refractivity contribution in [3.63, 3.8) is 0 Å². The minimum absolute atomic E-state index is 0.0201. The number of fused-ring (bicyclic) bond motifs is 5. The number of likely N-dealkylation sites (tertiary alicyclic amines) is 1. The molecule has 1 heterocycles. The van der Waals surface area contributed by atoms with E-state index in [4.69, 9.17) is 0 Å². The Hall–Kier alpha value is -0.770. The minimum atomic E-state index is -2.62. The second-order valence-corrected chi connectivity index (χ2v) is 5.35. The molecule has 0 radical (unpaired) electrons. The fourth-order valence-electron chi connectivity index (χ4n) is 4.02. The fraction of sp³-hybridized carbons (Fsp3) is 0.750. The Morgan fingerprint density at radius 3 is 2.62 bits per heavy atom. The van der Waals surface area contributed by atoms with Gasteiger partial charge in [0.05, 0.1) is 6.04 Å². The molecule has 0 unspecified atom stereocenters. The molecule has 0 aromatic rings. The predicted octanol–water partition coefficient (Wildman–Crippen LogP) is 1.57. The largest absolute Gasteiger partial charge is 0.298 e. The van der Waals surface area contributed by atoms with Crippen LogP contribution in [0.2, 0.25) is 0 Å². The van der Waals surface area contributed by atoms with Crippen molar-refractivity contribution in [3.8, 4) is 0 Å². The third-order valence-electron chi connectivity index (χ3n) is 4.54. The number of alkyl halides is 2. The fourth-order valence-corrected chi connectivity index (χ4v) is 4.02. The topological polar surface area (TPSA) is 20.3 Å². The maximum Gasteiger partial charge on any atom is 0.261 e. The lowest BCUT2D eigenvalue weighted by Crippen LogP contribution is -2.40. The van der Waals surface area contributed by atoms with Crippen LogP contribution in [0.15, 0.2) is 12.2 Å². The SMILES string of the molecule is CC(=O)[C@@H]1[C@@H]2[C@H](CN1C)[C@@H]1C=C[C@H]2C1(F)F. The van der Waals surface area contributed by atoms with E-state index in [2.05, 4.69) is 0 Å². The lowest BCUT2D eigenvalue weighted by atomic mass is 9.81. The summed E-state index contributed by atoms with van der Waals surface area (Å²) in [5.74, 6) is -4.18. The van der Waals surface area contributed by atoms with Gasteiger partial charge in [0, 0.05) is 18.4 Å². The summed E-state index contributed by atoms with van der Waals surface area (Å²) in [6.45, 7) is 2.13. The van der Waals surface area contributed by atoms with Gasteiger partial charge in [-0.25, -0.2) is 8.78 Å². The molecule has 0 aromatic heterocycles. The van der Waals surface area contributed by atoms with Crippen LogP contribution >= 0.6 is 0 Å². The lowest BCUT2D eigenvalue weighted by Gasteiger charge is -2.26. The summed E-state index contributed by atoms with van der Waals surface area (Å²) in [5, 5.41) is 0. The third-order valence-corrected chi connectivity index (χ3v) is 4.54. The molecule has 1 saturated heterocycles. The molecular weight excluding hydrogens is 212 g/mol. The molecule has 2 fully saturated rings. The van der Waals surface area contributed by atoms with E-state index in [1.165, 1.54) is 6.92 Å². The Balaban J connectivity index is 2.00. The van der Waals surface area contributed by atoms with Crippen LogP contribution in [0.4, 0.5) is 8.78 Å². The van der Waals surface area contributed by atoms with Gasteiger partial charge in [-0.15, -0.1) is 0 Å². The highest BCUT2D eigenvalue weighted by Crippen LogP contribution is 2.61. The van der Waals surface area contributed by atoms with Crippen molar-refractivity contribution in [2.75, 3.05) is 13.6 Å². The highest BCUT2D eigenvalue weighted by Gasteiger charge is 2.68. The average molecular weight is 227 g/mol. The molecule has 88 valence electrons. The van der Waals surface area contributed by atoms with Gasteiger partial charge in [-0.1, -0.05) is 12.2 Å². The Morgan fingerprint density at radius 1 is 1.38 bits per heavy atom. The number of ketones is 1. The first-order valence-electron chi connectivity index (χ1n) is 5.71. The number of Topliss-reactive ketones (excluding diaryl/α,β-unsaturated/α-hetero) is 1. The van der Waals surface area contributed by atoms with Gasteiger partial charge >= 0.3 is 0 Å². The molecule has 1 saturated carbocycles. The van der Waals surface area contributed by atoms with Crippen molar-refractivity contribution >= 4 is 5.78 Å². The molecule has 0 aromatic carbocycles. The maximum atomic E-state index is 13.9. The van der Waals surface area contributed by atoms with Gasteiger partial charge in [0.1, 0.15) is 5.78 Å². The van der Waals surface area contributed by atoms with E-state index in [1.54, 1.807) is 12.2 Å². The van der Waals surface area contributed by atoms with Gasteiger partial charge in [0.2, 0.25) is 0 Å². The molecular formula is C12H15F2NO. The van der Waals surface area contributed by atoms with Crippen LogP contribution in [0.5, 0.6) is 0 Å². The Bertz CT molecular complexity index is 377. The van der Waals surface area contributed by atoms with Crippen LogP contribution in [0.3, 0.4) is 0 Å². The lowest BCUT2D eigenvalue weighted by molar-refractivity contribution is -0.123. The summed E-state index contributed by atoms with van der Waals surface area (Å²) >= 11 is 0. The summed E-state index contributed by atoms with van der Waals surface area (Å²) < 4.78 is 27.8. The van der Waals surface area contributed by atoms with Gasteiger partial charge in [-0.2, -0.15) is 0 Å². The highest BCUT2D eigenvalue weighted by molar-refractivity contribution is 5.82. The summed E-state index contributed by atoms with van der Waals surface area (Å²) in [7, 11) is 1.86. The maximum absolute atomic E-state index is 13.9. The summed E-state index contributed by atoms with van der Waals surface area (Å²) in [4.78, 5) is 13.5. The van der Waals surface area contributed by atoms with E-state index in [1.807, 2.05) is 11.9 Å². The number of allylic oxidation sites excluding steroid dienone is 2. The standard InChI is InChI=1S/C12H15F2NO/c1-6(16)11-10-7(5-15(11)2)8-3-4-9(10)12(8,13)14/h3-4,7-11H,5H2,1-2H3/t7-,8+,9-,10-,11-/m1/s1. The van der Waals surface area contributed by atoms with E-state index < -0.39 is 17.8 Å². The number of nitrogens with zero attached hydrogens (tertiary/aromatic N) is 1. The van der Waals surface area contributed by atoms with E-state index in [0.29, 0.717) is 6.54 Å². The van der Waals surface area contributed by atoms with Crippen LogP contribution in [0.1, 0.15) is 6.92 Å². The predicted molar refractivity (Wildman–Crippen MR) is 55.1 cm³/mol. The number of halogens is 2. The molecule has 0 N–H and O–H groups in total. The number of rotatable bonds is 1. The second-order valence-electron chi connectivity index (χ2n) is 5.35. The average Bonchev–Trinajstić information content (AvgIpc) is 2.70. The summed E-state index contributed by atoms with van der Waals surface area (Å²) in [6, 6.07) is -0.309. The first kappa shape index (κ1) is 10.4. The van der Waals surface area contributed by atoms with Crippen molar-refractivity contribution in [2.45, 2.75) is 18.9 Å². The first-order valence-corrected chi connectivity index (χ1v) is 5.71. The van der Waals surface area contributed by atoms with E-state index >= 15 is 0 Å². The van der Waals surface area contributed by atoms with Gasteiger partial charge in [-0.3, -0.25) is 9.69 Å². The molecule has 3 rings (SSSR count). The van der Waals surface area contributed by atoms with Crippen molar-refractivity contribution in [1.82, 2.24) is 4.90 Å². The van der Waals surface area contributed by atoms with E-state index in [-0.39, 0.29) is 23.7 Å². The monoisotopic (exact) mass is 227 g/mol. The smallest absolute Gasteiger partial charge is 0.261 e. The Labute approximate surface area is 93.3 Å². The summed E-state index contributed by atoms with van der Waals surface area (Å²) in [5.41, 5.74) is 0. The van der Waals surface area contributed by atoms with E-state index in [0.717, 1.165) is 0 Å². The van der Waals surface area contributed by atoms with Crippen molar-refractivity contribution < 1.29 is 13.6 Å². The number of likely N-dealkylation sites (N-methyl/N-ethyl adjacent to an activating group) is 1. The summed E-state index contributed by atoms with van der Waals surface area (Å²) in [6.07, 6.45) is 3.28. The third kappa shape index (κ3) is 1.01. The molecule has 4 heteroatoms. The highest BCUT2D eigenvalue weighted by atomic mass is 19.3. The van der Waals surface area contributed by atoms with Crippen LogP contribution in [-0.4, -0.2) is 36.2 Å². The zero-order chi connectivity index (χ0) is 11.7. The van der Waals surface area contributed by atoms with Gasteiger partial charge in [0.25, 0.3) is 5.92 Å². The van der Waals surface area contributed by atoms with Gasteiger partial charge in [-0.05, 0) is 25.8 Å². The molecule has 16 heavy (non-hydrogen) atoms. The molecule has 0 spiro atoms. The van der Waals surface area contributed by atoms with Crippen LogP contribution in [-0.2, 0) is 4.79 Å². The molecule has 2 bridgehead atoms. The van der Waals surface area contributed by atoms with Crippen LogP contribution in [0, 0.1) is 23.7 Å². The van der Waals surface area contributed by atoms with Crippen molar-refractivity contribution in [3.05, 3.63) is 12.2 Å². The van der Waals surface area contributed by atoms with Gasteiger partial charge < -0.3 is 0 Å². The van der Waals surface area contributed by atoms with Crippen LogP contribution < -0.4 is 0 Å². The zero-order valence-electron chi connectivity index (χ0n) is 9.36.